The maximum Gasteiger partial charge on any atom is 0.155 e. The molecule has 0 unspecified atom stereocenters. The molecule has 4 aliphatic carbocycles. The summed E-state index contributed by atoms with van der Waals surface area (Å²) in [4.78, 5) is 24.9. The number of Topliss-reactive ketones (excluding diaryl/α,β-unsaturated/α-hetero) is 1. The van der Waals surface area contributed by atoms with Crippen LogP contribution in [0.25, 0.3) is 0 Å². The average molecular weight is 357 g/mol. The Hall–Kier alpha value is -0.920. The minimum absolute atomic E-state index is 0.0444. The second-order valence-electron chi connectivity index (χ2n) is 10.2. The van der Waals surface area contributed by atoms with Gasteiger partial charge in [-0.15, -0.1) is 0 Å². The molecule has 0 aromatic carbocycles. The number of fused-ring (bicyclic) bond motifs is 5. The van der Waals surface area contributed by atoms with Crippen molar-refractivity contribution < 1.29 is 9.59 Å². The lowest BCUT2D eigenvalue weighted by atomic mass is 9.45. The molecule has 2 heteroatoms. The molecule has 0 N–H and O–H groups in total. The molecule has 144 valence electrons. The average Bonchev–Trinajstić information content (AvgIpc) is 2.92. The summed E-state index contributed by atoms with van der Waals surface area (Å²) < 4.78 is 0. The third kappa shape index (κ3) is 2.66. The number of carbonyl (C=O) groups is 2. The number of unbranched alkanes of at least 4 members (excludes halogenated alkanes) is 2. The van der Waals surface area contributed by atoms with E-state index in [-0.39, 0.29) is 10.8 Å². The Morgan fingerprint density at radius 1 is 1.00 bits per heavy atom. The quantitative estimate of drug-likeness (QED) is 0.588. The fraction of sp³-hybridized carbons (Fsp3) is 0.833. The molecule has 0 radical (unpaired) electrons. The van der Waals surface area contributed by atoms with E-state index in [9.17, 15) is 9.59 Å². The molecule has 4 aliphatic rings. The number of hydrogen-bond acceptors (Lipinski definition) is 2. The highest BCUT2D eigenvalue weighted by atomic mass is 16.1. The summed E-state index contributed by atoms with van der Waals surface area (Å²) in [6, 6.07) is 0. The Balaban J connectivity index is 1.68. The van der Waals surface area contributed by atoms with Gasteiger partial charge in [0.15, 0.2) is 5.78 Å². The van der Waals surface area contributed by atoms with Crippen molar-refractivity contribution in [3.63, 3.8) is 0 Å². The normalized spacial score (nSPS) is 45.0. The highest BCUT2D eigenvalue weighted by Crippen LogP contribution is 2.65. The predicted octanol–water partition coefficient (Wildman–Crippen LogP) is 5.89. The Kier molecular flexibility index (Phi) is 4.68. The molecule has 0 heterocycles. The van der Waals surface area contributed by atoms with Gasteiger partial charge in [0.25, 0.3) is 0 Å². The Morgan fingerprint density at radius 2 is 1.77 bits per heavy atom. The van der Waals surface area contributed by atoms with Crippen LogP contribution >= 0.6 is 0 Å². The molecule has 6 atom stereocenters. The van der Waals surface area contributed by atoms with Crippen LogP contribution in [0.4, 0.5) is 0 Å². The van der Waals surface area contributed by atoms with Crippen LogP contribution in [0.2, 0.25) is 0 Å². The third-order valence-electron chi connectivity index (χ3n) is 8.98. The predicted molar refractivity (Wildman–Crippen MR) is 105 cm³/mol. The van der Waals surface area contributed by atoms with Crippen LogP contribution in [0.1, 0.15) is 91.4 Å². The molecule has 4 rings (SSSR count). The van der Waals surface area contributed by atoms with Gasteiger partial charge >= 0.3 is 0 Å². The van der Waals surface area contributed by atoms with Crippen molar-refractivity contribution in [1.29, 1.82) is 0 Å². The van der Waals surface area contributed by atoms with Gasteiger partial charge in [0.2, 0.25) is 0 Å². The van der Waals surface area contributed by atoms with E-state index in [0.29, 0.717) is 35.2 Å². The first kappa shape index (κ1) is 18.4. The standard InChI is InChI=1S/C24H36O2/c1-4-5-6-7-16-14-18-19-8-9-22(26)24(19,3)13-11-20(18)23(2)12-10-17(25)15-21(16)23/h15-16,18-20H,4-14H2,1-3H3/t16-,18+,19+,20+,23-,24+/m1/s1. The van der Waals surface area contributed by atoms with E-state index in [1.165, 1.54) is 44.1 Å². The molecule has 0 aromatic heterocycles. The molecule has 2 nitrogen and oxygen atoms in total. The van der Waals surface area contributed by atoms with Gasteiger partial charge in [-0.25, -0.2) is 0 Å². The van der Waals surface area contributed by atoms with Crippen molar-refractivity contribution in [3.05, 3.63) is 11.6 Å². The Morgan fingerprint density at radius 3 is 2.54 bits per heavy atom. The first-order valence-corrected chi connectivity index (χ1v) is 11.2. The summed E-state index contributed by atoms with van der Waals surface area (Å²) in [6.45, 7) is 7.00. The second kappa shape index (κ2) is 6.60. The van der Waals surface area contributed by atoms with Crippen molar-refractivity contribution in [2.45, 2.75) is 91.4 Å². The molecule has 0 spiro atoms. The third-order valence-corrected chi connectivity index (χ3v) is 8.98. The summed E-state index contributed by atoms with van der Waals surface area (Å²) in [6.07, 6.45) is 14.3. The molecular weight excluding hydrogens is 320 g/mol. The maximum atomic E-state index is 12.6. The molecule has 0 saturated heterocycles. The molecular formula is C24H36O2. The largest absolute Gasteiger partial charge is 0.299 e. The number of hydrogen-bond donors (Lipinski definition) is 0. The maximum absolute atomic E-state index is 12.6. The fourth-order valence-corrected chi connectivity index (χ4v) is 7.47. The lowest BCUT2D eigenvalue weighted by molar-refractivity contribution is -0.133. The Bertz CT molecular complexity index is 632. The van der Waals surface area contributed by atoms with Gasteiger partial charge in [-0.2, -0.15) is 0 Å². The Labute approximate surface area is 159 Å². The van der Waals surface area contributed by atoms with E-state index in [4.69, 9.17) is 0 Å². The molecule has 3 fully saturated rings. The molecule has 3 saturated carbocycles. The zero-order chi connectivity index (χ0) is 18.5. The van der Waals surface area contributed by atoms with E-state index in [0.717, 1.165) is 32.1 Å². The molecule has 0 amide bonds. The minimum atomic E-state index is -0.0444. The monoisotopic (exact) mass is 356 g/mol. The summed E-state index contributed by atoms with van der Waals surface area (Å²) in [7, 11) is 0. The number of carbonyl (C=O) groups excluding carboxylic acids is 2. The lowest BCUT2D eigenvalue weighted by Crippen LogP contribution is -2.52. The first-order valence-electron chi connectivity index (χ1n) is 11.2. The van der Waals surface area contributed by atoms with E-state index < -0.39 is 0 Å². The van der Waals surface area contributed by atoms with Crippen LogP contribution in [-0.4, -0.2) is 11.6 Å². The van der Waals surface area contributed by atoms with Crippen LogP contribution in [-0.2, 0) is 9.59 Å². The van der Waals surface area contributed by atoms with Crippen molar-refractivity contribution >= 4 is 11.6 Å². The molecule has 0 aliphatic heterocycles. The summed E-state index contributed by atoms with van der Waals surface area (Å²) >= 11 is 0. The highest BCUT2D eigenvalue weighted by molar-refractivity contribution is 5.92. The lowest BCUT2D eigenvalue weighted by Gasteiger charge is -2.59. The minimum Gasteiger partial charge on any atom is -0.299 e. The zero-order valence-electron chi connectivity index (χ0n) is 17.0. The van der Waals surface area contributed by atoms with Crippen molar-refractivity contribution in [2.75, 3.05) is 0 Å². The number of ketones is 2. The van der Waals surface area contributed by atoms with Gasteiger partial charge in [-0.3, -0.25) is 9.59 Å². The van der Waals surface area contributed by atoms with E-state index in [1.54, 1.807) is 0 Å². The van der Waals surface area contributed by atoms with Crippen LogP contribution in [0.15, 0.2) is 11.6 Å². The molecule has 0 aromatic rings. The van der Waals surface area contributed by atoms with Gasteiger partial charge in [-0.05, 0) is 73.7 Å². The van der Waals surface area contributed by atoms with Gasteiger partial charge in [0, 0.05) is 18.3 Å². The van der Waals surface area contributed by atoms with Gasteiger partial charge in [-0.1, -0.05) is 45.6 Å². The smallest absolute Gasteiger partial charge is 0.155 e. The van der Waals surface area contributed by atoms with Gasteiger partial charge in [0.1, 0.15) is 5.78 Å². The zero-order valence-corrected chi connectivity index (χ0v) is 17.0. The topological polar surface area (TPSA) is 34.1 Å². The van der Waals surface area contributed by atoms with Gasteiger partial charge in [0.05, 0.1) is 0 Å². The summed E-state index contributed by atoms with van der Waals surface area (Å²) in [5, 5.41) is 0. The van der Waals surface area contributed by atoms with Crippen molar-refractivity contribution in [1.82, 2.24) is 0 Å². The SMILES string of the molecule is CCCCC[C@@H]1C[C@@H]2[C@H](CC[C@]3(C)C(=O)CC[C@@H]23)[C@@]2(C)CCC(=O)C=C12. The van der Waals surface area contributed by atoms with Crippen LogP contribution < -0.4 is 0 Å². The van der Waals surface area contributed by atoms with Crippen LogP contribution in [0, 0.1) is 34.5 Å². The molecule has 26 heavy (non-hydrogen) atoms. The van der Waals surface area contributed by atoms with Gasteiger partial charge < -0.3 is 0 Å². The fourth-order valence-electron chi connectivity index (χ4n) is 7.47. The van der Waals surface area contributed by atoms with Crippen LogP contribution in [0.5, 0.6) is 0 Å². The van der Waals surface area contributed by atoms with Crippen molar-refractivity contribution in [2.24, 2.45) is 34.5 Å². The summed E-state index contributed by atoms with van der Waals surface area (Å²) in [5.41, 5.74) is 1.66. The molecule has 0 bridgehead atoms. The van der Waals surface area contributed by atoms with E-state index >= 15 is 0 Å². The first-order chi connectivity index (χ1) is 12.4. The number of allylic oxidation sites excluding steroid dienone is 1. The van der Waals surface area contributed by atoms with E-state index in [2.05, 4.69) is 26.8 Å². The van der Waals surface area contributed by atoms with Crippen LogP contribution in [0.3, 0.4) is 0 Å². The van der Waals surface area contributed by atoms with Crippen molar-refractivity contribution in [3.8, 4) is 0 Å². The highest BCUT2D eigenvalue weighted by Gasteiger charge is 2.60. The number of rotatable bonds is 4. The second-order valence-corrected chi connectivity index (χ2v) is 10.2. The van der Waals surface area contributed by atoms with E-state index in [1.807, 2.05) is 0 Å². The summed E-state index contributed by atoms with van der Waals surface area (Å²) in [5.74, 6) is 3.45.